The number of rotatable bonds is 2. The van der Waals surface area contributed by atoms with Gasteiger partial charge in [-0.1, -0.05) is 3.17 Å². The highest BCUT2D eigenvalue weighted by molar-refractivity contribution is 14.1. The van der Waals surface area contributed by atoms with Crippen LogP contribution < -0.4 is 0 Å². The van der Waals surface area contributed by atoms with Crippen molar-refractivity contribution >= 4 is 23.0 Å². The van der Waals surface area contributed by atoms with Crippen LogP contribution in [0.15, 0.2) is 0 Å². The minimum Gasteiger partial charge on any atom is -0.528 e. The number of hydrogen-bond acceptors (Lipinski definition) is 4. The second-order valence-corrected chi connectivity index (χ2v) is 1.11. The van der Waals surface area contributed by atoms with E-state index >= 15 is 0 Å². The molecule has 0 aromatic rings. The summed E-state index contributed by atoms with van der Waals surface area (Å²) in [6, 6.07) is 0. The van der Waals surface area contributed by atoms with Crippen molar-refractivity contribution in [3.8, 4) is 0 Å². The Labute approximate surface area is 54.2 Å². The molecule has 1 atom stereocenters. The second kappa shape index (κ2) is 2.74. The molecule has 0 aliphatic carbocycles. The van der Waals surface area contributed by atoms with Crippen LogP contribution in [0.3, 0.4) is 0 Å². The van der Waals surface area contributed by atoms with Gasteiger partial charge in [0.25, 0.3) is 0 Å². The van der Waals surface area contributed by atoms with Crippen molar-refractivity contribution in [3.63, 3.8) is 0 Å². The monoisotopic (exact) mass is 221 g/mol. The minimum atomic E-state index is -2.12. The van der Waals surface area contributed by atoms with Crippen LogP contribution in [-0.4, -0.2) is 17.5 Å². The Balaban J connectivity index is 3.36. The normalized spacial score (nSPS) is 18.9. The molecule has 0 rings (SSSR count). The van der Waals surface area contributed by atoms with E-state index in [2.05, 4.69) is 8.00 Å². The van der Waals surface area contributed by atoms with E-state index in [-0.39, 0.29) is 0 Å². The van der Waals surface area contributed by atoms with E-state index in [4.69, 9.17) is 5.21 Å². The molecule has 0 aromatic heterocycles. The number of hydrogen-bond donors (Lipinski definition) is 1. The van der Waals surface area contributed by atoms with Gasteiger partial charge in [-0.15, -0.1) is 10.0 Å². The van der Waals surface area contributed by atoms with Gasteiger partial charge in [-0.05, 0) is 0 Å². The fraction of sp³-hybridized carbons (Fsp3) is 1.00. The number of quaternary nitrogens is 1. The lowest BCUT2D eigenvalue weighted by Gasteiger charge is -2.20. The molecule has 0 fully saturated rings. The molecule has 0 radical (unpaired) electrons. The fourth-order valence-electron chi connectivity index (χ4n) is 0.0282. The average molecular weight is 221 g/mol. The van der Waals surface area contributed by atoms with Gasteiger partial charge in [0.05, 0.1) is 5.14 Å². The Bertz CT molecular complexity index is 49.7. The van der Waals surface area contributed by atoms with E-state index in [1.54, 1.807) is 0 Å². The van der Waals surface area contributed by atoms with Crippen LogP contribution in [0.2, 0.25) is 0 Å². The molecule has 0 saturated carbocycles. The average Bonchev–Trinajstić information content (AvgIpc) is 1.68. The van der Waals surface area contributed by atoms with Crippen LogP contribution in [0.1, 0.15) is 0 Å². The van der Waals surface area contributed by atoms with E-state index in [9.17, 15) is 5.21 Å². The molecule has 1 unspecified atom stereocenters. The van der Waals surface area contributed by atoms with Crippen LogP contribution in [0.4, 0.5) is 0 Å². The maximum Gasteiger partial charge on any atom is 0.199 e. The minimum absolute atomic E-state index is 1.02. The lowest BCUT2D eigenvalue weighted by molar-refractivity contribution is -1.31. The molecule has 6 heteroatoms. The second-order valence-electron chi connectivity index (χ2n) is 0.720. The highest BCUT2D eigenvalue weighted by Gasteiger charge is 2.10. The first-order valence-electron chi connectivity index (χ1n) is 1.31. The number of nitrogens with zero attached hydrogens (tertiary/aromatic N) is 1. The van der Waals surface area contributed by atoms with E-state index < -0.39 is 5.14 Å². The van der Waals surface area contributed by atoms with Gasteiger partial charge in [-0.2, -0.15) is 0 Å². The Morgan fingerprint density at radius 2 is 2.29 bits per heavy atom. The first-order valence-corrected chi connectivity index (χ1v) is 2.19. The van der Waals surface area contributed by atoms with E-state index in [0.717, 1.165) is 7.11 Å². The molecule has 1 N–H and O–H groups in total. The zero-order chi connectivity index (χ0) is 5.91. The molecular formula is CH4INO4. The lowest BCUT2D eigenvalue weighted by atomic mass is 11.7. The van der Waals surface area contributed by atoms with Gasteiger partial charge in [0.15, 0.2) is 23.0 Å². The summed E-state index contributed by atoms with van der Waals surface area (Å²) in [5.41, 5.74) is 0. The van der Waals surface area contributed by atoms with Crippen molar-refractivity contribution in [2.45, 2.75) is 0 Å². The third kappa shape index (κ3) is 3.14. The molecule has 0 aromatic carbocycles. The van der Waals surface area contributed by atoms with Crippen LogP contribution in [0.5, 0.6) is 0 Å². The van der Waals surface area contributed by atoms with Crippen molar-refractivity contribution < 1.29 is 18.3 Å². The standard InChI is InChI=1S/CH4INO4/c1-6-3(4,5)7-2/h4H,1H3. The summed E-state index contributed by atoms with van der Waals surface area (Å²) >= 11 is 1.21. The number of halogens is 1. The van der Waals surface area contributed by atoms with Crippen molar-refractivity contribution in [3.05, 3.63) is 5.21 Å². The molecule has 0 aliphatic rings. The largest absolute Gasteiger partial charge is 0.528 e. The van der Waals surface area contributed by atoms with Crippen molar-refractivity contribution in [2.24, 2.45) is 0 Å². The summed E-state index contributed by atoms with van der Waals surface area (Å²) in [5, 5.41) is 15.8. The predicted octanol–water partition coefficient (Wildman–Crippen LogP) is 0.533. The Morgan fingerprint density at radius 1 is 1.86 bits per heavy atom. The molecule has 44 valence electrons. The Hall–Kier alpha value is 0.530. The molecule has 0 saturated heterocycles. The zero-order valence-electron chi connectivity index (χ0n) is 3.50. The highest BCUT2D eigenvalue weighted by atomic mass is 127. The molecular weight excluding hydrogens is 217 g/mol. The van der Waals surface area contributed by atoms with Crippen LogP contribution in [-0.2, 0) is 8.00 Å². The molecule has 0 spiro atoms. The van der Waals surface area contributed by atoms with E-state index in [1.165, 1.54) is 23.0 Å². The summed E-state index contributed by atoms with van der Waals surface area (Å²) in [6.07, 6.45) is 0. The van der Waals surface area contributed by atoms with Gasteiger partial charge >= 0.3 is 0 Å². The van der Waals surface area contributed by atoms with Crippen molar-refractivity contribution in [1.82, 2.24) is 0 Å². The first-order chi connectivity index (χ1) is 3.12. The maximum absolute atomic E-state index is 9.88. The topological polar surface area (TPSA) is 61.8 Å². The van der Waals surface area contributed by atoms with Crippen LogP contribution >= 0.6 is 23.0 Å². The SMILES string of the molecule is CO[N+]([O-])(O)OI. The quantitative estimate of drug-likeness (QED) is 0.419. The third-order valence-electron chi connectivity index (χ3n) is 0.318. The van der Waals surface area contributed by atoms with E-state index in [1.807, 2.05) is 0 Å². The van der Waals surface area contributed by atoms with Gasteiger partial charge in [-0.3, -0.25) is 0 Å². The van der Waals surface area contributed by atoms with Crippen molar-refractivity contribution in [1.29, 1.82) is 0 Å². The Morgan fingerprint density at radius 3 is 2.29 bits per heavy atom. The summed E-state index contributed by atoms with van der Waals surface area (Å²) in [6.45, 7) is 0. The third-order valence-corrected chi connectivity index (χ3v) is 0.816. The summed E-state index contributed by atoms with van der Waals surface area (Å²) < 4.78 is 3.77. The predicted molar refractivity (Wildman–Crippen MR) is 27.5 cm³/mol. The summed E-state index contributed by atoms with van der Waals surface area (Å²) in [7, 11) is 1.02. The first kappa shape index (κ1) is 7.53. The molecule has 7 heavy (non-hydrogen) atoms. The van der Waals surface area contributed by atoms with Crippen LogP contribution in [0, 0.1) is 5.21 Å². The van der Waals surface area contributed by atoms with Gasteiger partial charge < -0.3 is 5.21 Å². The van der Waals surface area contributed by atoms with Gasteiger partial charge in [-0.25, -0.2) is 0 Å². The summed E-state index contributed by atoms with van der Waals surface area (Å²) in [4.78, 5) is 3.79. The smallest absolute Gasteiger partial charge is 0.199 e. The fourth-order valence-corrected chi connectivity index (χ4v) is 0.189. The van der Waals surface area contributed by atoms with E-state index in [0.29, 0.717) is 0 Å². The highest BCUT2D eigenvalue weighted by Crippen LogP contribution is 2.03. The van der Waals surface area contributed by atoms with Crippen LogP contribution in [0.25, 0.3) is 0 Å². The lowest BCUT2D eigenvalue weighted by Crippen LogP contribution is -2.33. The summed E-state index contributed by atoms with van der Waals surface area (Å²) in [5.74, 6) is 0. The molecule has 0 bridgehead atoms. The molecule has 0 heterocycles. The molecule has 0 amide bonds. The Kier molecular flexibility index (Phi) is 2.95. The van der Waals surface area contributed by atoms with Crippen molar-refractivity contribution in [2.75, 3.05) is 7.11 Å². The van der Waals surface area contributed by atoms with Gasteiger partial charge in [0.2, 0.25) is 0 Å². The van der Waals surface area contributed by atoms with Gasteiger partial charge in [0.1, 0.15) is 7.11 Å². The molecule has 0 aliphatic heterocycles. The zero-order valence-corrected chi connectivity index (χ0v) is 5.65. The molecule has 5 nitrogen and oxygen atoms in total. The van der Waals surface area contributed by atoms with Gasteiger partial charge in [0, 0.05) is 0 Å². The maximum atomic E-state index is 9.88.